The van der Waals surface area contributed by atoms with Gasteiger partial charge >= 0.3 is 11.9 Å². The van der Waals surface area contributed by atoms with E-state index in [0.29, 0.717) is 24.1 Å². The second-order valence-electron chi connectivity index (χ2n) is 7.49. The van der Waals surface area contributed by atoms with Gasteiger partial charge in [0.25, 0.3) is 0 Å². The first-order chi connectivity index (χ1) is 15.0. The fraction of sp³-hybridized carbons (Fsp3) is 0.292. The molecule has 0 spiro atoms. The SMILES string of the molecule is CCCCC(Cc1ncc(/C=C(\Cc2cccs2)C(=O)O)[nH]1)c1ccc(C(=O)O)cc1. The number of thiophene rings is 1. The van der Waals surface area contributed by atoms with Crippen molar-refractivity contribution in [1.82, 2.24) is 9.97 Å². The maximum Gasteiger partial charge on any atom is 0.335 e. The summed E-state index contributed by atoms with van der Waals surface area (Å²) >= 11 is 1.53. The van der Waals surface area contributed by atoms with Gasteiger partial charge < -0.3 is 15.2 Å². The van der Waals surface area contributed by atoms with E-state index in [4.69, 9.17) is 5.11 Å². The lowest BCUT2D eigenvalue weighted by Gasteiger charge is -2.16. The number of carboxylic acid groups (broad SMARTS) is 2. The van der Waals surface area contributed by atoms with Gasteiger partial charge in [0.05, 0.1) is 17.5 Å². The van der Waals surface area contributed by atoms with Gasteiger partial charge in [-0.3, -0.25) is 0 Å². The standard InChI is InChI=1S/C24H26N2O4S/c1-2-3-5-18(16-7-9-17(10-8-16)23(27)28)14-22-25-15-20(26-22)12-19(24(29)30)13-21-6-4-11-31-21/h4,6-12,15,18H,2-3,5,13-14H2,1H3,(H,25,26)(H,27,28)(H,29,30)/b19-12+. The van der Waals surface area contributed by atoms with Crippen LogP contribution in [0.3, 0.4) is 0 Å². The van der Waals surface area contributed by atoms with Crippen LogP contribution in [0.2, 0.25) is 0 Å². The summed E-state index contributed by atoms with van der Waals surface area (Å²) in [5, 5.41) is 20.6. The predicted octanol–water partition coefficient (Wildman–Crippen LogP) is 5.40. The van der Waals surface area contributed by atoms with Gasteiger partial charge in [-0.1, -0.05) is 38.0 Å². The molecule has 0 aliphatic heterocycles. The maximum atomic E-state index is 11.7. The van der Waals surface area contributed by atoms with E-state index in [1.165, 1.54) is 11.3 Å². The number of aromatic carboxylic acids is 1. The van der Waals surface area contributed by atoms with Crippen LogP contribution in [0, 0.1) is 0 Å². The number of nitrogens with zero attached hydrogens (tertiary/aromatic N) is 1. The van der Waals surface area contributed by atoms with Crippen molar-refractivity contribution in [3.05, 3.63) is 81.1 Å². The molecule has 31 heavy (non-hydrogen) atoms. The third-order valence-electron chi connectivity index (χ3n) is 5.17. The Morgan fingerprint density at radius 2 is 1.97 bits per heavy atom. The molecule has 0 aliphatic carbocycles. The van der Waals surface area contributed by atoms with Crippen LogP contribution < -0.4 is 0 Å². The number of aliphatic carboxylic acids is 1. The Kier molecular flexibility index (Phi) is 7.78. The molecule has 3 N–H and O–H groups in total. The van der Waals surface area contributed by atoms with Crippen molar-refractivity contribution < 1.29 is 19.8 Å². The molecule has 2 aromatic heterocycles. The van der Waals surface area contributed by atoms with Gasteiger partial charge in [-0.25, -0.2) is 14.6 Å². The lowest BCUT2D eigenvalue weighted by Crippen LogP contribution is -2.06. The number of carbonyl (C=O) groups is 2. The van der Waals surface area contributed by atoms with Crippen LogP contribution in [0.4, 0.5) is 0 Å². The van der Waals surface area contributed by atoms with Gasteiger partial charge in [0.15, 0.2) is 0 Å². The fourth-order valence-electron chi connectivity index (χ4n) is 3.50. The number of hydrogen-bond donors (Lipinski definition) is 3. The second-order valence-corrected chi connectivity index (χ2v) is 8.52. The predicted molar refractivity (Wildman–Crippen MR) is 122 cm³/mol. The number of nitrogens with one attached hydrogen (secondary N) is 1. The summed E-state index contributed by atoms with van der Waals surface area (Å²) in [7, 11) is 0. The molecule has 0 saturated heterocycles. The number of imidazole rings is 1. The fourth-order valence-corrected chi connectivity index (χ4v) is 4.23. The summed E-state index contributed by atoms with van der Waals surface area (Å²) in [5.41, 5.74) is 2.33. The zero-order valence-corrected chi connectivity index (χ0v) is 18.2. The van der Waals surface area contributed by atoms with Gasteiger partial charge in [-0.05, 0) is 47.6 Å². The number of aromatic nitrogens is 2. The number of H-pyrrole nitrogens is 1. The maximum absolute atomic E-state index is 11.7. The molecule has 1 unspecified atom stereocenters. The number of unbranched alkanes of at least 4 members (excludes halogenated alkanes) is 1. The molecule has 3 aromatic rings. The summed E-state index contributed by atoms with van der Waals surface area (Å²) in [5.74, 6) is -0.883. The molecule has 162 valence electrons. The van der Waals surface area contributed by atoms with Crippen molar-refractivity contribution in [3.63, 3.8) is 0 Å². The van der Waals surface area contributed by atoms with Crippen molar-refractivity contribution in [2.24, 2.45) is 0 Å². The molecule has 0 radical (unpaired) electrons. The molecule has 0 aliphatic rings. The van der Waals surface area contributed by atoms with Crippen LogP contribution in [0.25, 0.3) is 6.08 Å². The summed E-state index contributed by atoms with van der Waals surface area (Å²) in [4.78, 5) is 31.5. The zero-order chi connectivity index (χ0) is 22.2. The van der Waals surface area contributed by atoms with Gasteiger partial charge in [-0.2, -0.15) is 0 Å². The molecule has 1 aromatic carbocycles. The van der Waals surface area contributed by atoms with Crippen LogP contribution >= 0.6 is 11.3 Å². The van der Waals surface area contributed by atoms with E-state index < -0.39 is 11.9 Å². The molecule has 0 fully saturated rings. The molecule has 2 heterocycles. The van der Waals surface area contributed by atoms with E-state index in [2.05, 4.69) is 16.9 Å². The first kappa shape index (κ1) is 22.5. The number of aromatic amines is 1. The summed E-state index contributed by atoms with van der Waals surface area (Å²) in [6, 6.07) is 10.8. The van der Waals surface area contributed by atoms with E-state index in [0.717, 1.165) is 35.5 Å². The number of rotatable bonds is 11. The smallest absolute Gasteiger partial charge is 0.335 e. The highest BCUT2D eigenvalue weighted by Gasteiger charge is 2.16. The average molecular weight is 439 g/mol. The third kappa shape index (κ3) is 6.39. The van der Waals surface area contributed by atoms with Gasteiger partial charge in [-0.15, -0.1) is 11.3 Å². The van der Waals surface area contributed by atoms with Crippen molar-refractivity contribution in [3.8, 4) is 0 Å². The number of benzene rings is 1. The first-order valence-corrected chi connectivity index (χ1v) is 11.2. The van der Waals surface area contributed by atoms with Gasteiger partial charge in [0.2, 0.25) is 0 Å². The van der Waals surface area contributed by atoms with E-state index in [-0.39, 0.29) is 11.5 Å². The molecule has 7 heteroatoms. The molecular weight excluding hydrogens is 412 g/mol. The number of hydrogen-bond acceptors (Lipinski definition) is 4. The average Bonchev–Trinajstić information content (AvgIpc) is 3.42. The zero-order valence-electron chi connectivity index (χ0n) is 17.4. The highest BCUT2D eigenvalue weighted by Crippen LogP contribution is 2.26. The minimum Gasteiger partial charge on any atom is -0.478 e. The Hall–Kier alpha value is -3.19. The molecule has 3 rings (SSSR count). The summed E-state index contributed by atoms with van der Waals surface area (Å²) in [6.45, 7) is 2.14. The Bertz CT molecular complexity index is 1040. The van der Waals surface area contributed by atoms with Crippen molar-refractivity contribution >= 4 is 29.4 Å². The molecule has 0 saturated carbocycles. The lowest BCUT2D eigenvalue weighted by molar-refractivity contribution is -0.132. The van der Waals surface area contributed by atoms with Gasteiger partial charge in [0, 0.05) is 23.3 Å². The highest BCUT2D eigenvalue weighted by molar-refractivity contribution is 7.09. The Morgan fingerprint density at radius 1 is 1.19 bits per heavy atom. The van der Waals surface area contributed by atoms with Crippen LogP contribution in [0.5, 0.6) is 0 Å². The molecule has 0 amide bonds. The van der Waals surface area contributed by atoms with E-state index in [1.54, 1.807) is 24.4 Å². The first-order valence-electron chi connectivity index (χ1n) is 10.3. The molecular formula is C24H26N2O4S. The van der Waals surface area contributed by atoms with E-state index in [9.17, 15) is 14.7 Å². The van der Waals surface area contributed by atoms with Crippen LogP contribution in [0.1, 0.15) is 64.4 Å². The topological polar surface area (TPSA) is 103 Å². The van der Waals surface area contributed by atoms with E-state index >= 15 is 0 Å². The minimum absolute atomic E-state index is 0.204. The normalized spacial score (nSPS) is 12.6. The molecule has 0 bridgehead atoms. The third-order valence-corrected chi connectivity index (χ3v) is 6.05. The van der Waals surface area contributed by atoms with E-state index in [1.807, 2.05) is 29.6 Å². The largest absolute Gasteiger partial charge is 0.478 e. The van der Waals surface area contributed by atoms with Crippen molar-refractivity contribution in [2.75, 3.05) is 0 Å². The second kappa shape index (κ2) is 10.7. The molecule has 6 nitrogen and oxygen atoms in total. The summed E-state index contributed by atoms with van der Waals surface area (Å²) < 4.78 is 0. The lowest BCUT2D eigenvalue weighted by atomic mass is 9.90. The molecule has 1 atom stereocenters. The quantitative estimate of drug-likeness (QED) is 0.348. The monoisotopic (exact) mass is 438 g/mol. The minimum atomic E-state index is -0.941. The Morgan fingerprint density at radius 3 is 2.58 bits per heavy atom. The summed E-state index contributed by atoms with van der Waals surface area (Å²) in [6.07, 6.45) is 7.44. The van der Waals surface area contributed by atoms with Crippen molar-refractivity contribution in [2.45, 2.75) is 44.9 Å². The van der Waals surface area contributed by atoms with Crippen LogP contribution in [0.15, 0.2) is 53.5 Å². The van der Waals surface area contributed by atoms with Crippen molar-refractivity contribution in [1.29, 1.82) is 0 Å². The Balaban J connectivity index is 1.76. The number of carboxylic acids is 2. The Labute approximate surface area is 185 Å². The van der Waals surface area contributed by atoms with Crippen LogP contribution in [-0.4, -0.2) is 32.1 Å². The van der Waals surface area contributed by atoms with Crippen LogP contribution in [-0.2, 0) is 17.6 Å². The highest BCUT2D eigenvalue weighted by atomic mass is 32.1. The van der Waals surface area contributed by atoms with Gasteiger partial charge in [0.1, 0.15) is 5.82 Å².